The summed E-state index contributed by atoms with van der Waals surface area (Å²) in [6.07, 6.45) is 0. The molecule has 0 aromatic carbocycles. The normalized spacial score (nSPS) is 17.3. The number of rotatable bonds is 0. The van der Waals surface area contributed by atoms with Gasteiger partial charge in [0.2, 0.25) is 0 Å². The fourth-order valence-corrected chi connectivity index (χ4v) is 0.685. The molecule has 1 aliphatic rings. The van der Waals surface area contributed by atoms with Crippen LogP contribution in [-0.2, 0) is 21.1 Å². The molecular formula is C3H4NPtS. The van der Waals surface area contributed by atoms with Gasteiger partial charge in [0.05, 0.1) is 0 Å². The van der Waals surface area contributed by atoms with E-state index in [1.165, 1.54) is 0 Å². The van der Waals surface area contributed by atoms with Crippen LogP contribution in [0.25, 0.3) is 0 Å². The van der Waals surface area contributed by atoms with E-state index in [4.69, 9.17) is 0 Å². The van der Waals surface area contributed by atoms with Crippen molar-refractivity contribution in [3.8, 4) is 0 Å². The molecule has 1 nitrogen and oxygen atoms in total. The van der Waals surface area contributed by atoms with E-state index in [2.05, 4.69) is 10.5 Å². The van der Waals surface area contributed by atoms with Gasteiger partial charge in [0.1, 0.15) is 5.55 Å². The predicted octanol–water partition coefficient (Wildman–Crippen LogP) is 0.636. The molecule has 0 atom stereocenters. The molecule has 0 amide bonds. The smallest absolute Gasteiger partial charge is 0.122 e. The minimum Gasteiger partial charge on any atom is -0.275 e. The Morgan fingerprint density at radius 3 is 2.67 bits per heavy atom. The number of hydrogen-bond acceptors (Lipinski definition) is 2. The van der Waals surface area contributed by atoms with Crippen LogP contribution in [-0.4, -0.2) is 17.8 Å². The molecule has 1 radical (unpaired) electrons. The first-order chi connectivity index (χ1) is 2.50. The van der Waals surface area contributed by atoms with Crippen molar-refractivity contribution in [2.24, 2.45) is 4.99 Å². The maximum Gasteiger partial charge on any atom is 0.122 e. The van der Waals surface area contributed by atoms with Crippen LogP contribution in [0.5, 0.6) is 0 Å². The van der Waals surface area contributed by atoms with Crippen molar-refractivity contribution in [2.75, 3.05) is 12.3 Å². The first-order valence-electron chi connectivity index (χ1n) is 1.53. The molecule has 0 aliphatic carbocycles. The molecule has 0 saturated heterocycles. The van der Waals surface area contributed by atoms with Gasteiger partial charge in [0, 0.05) is 33.4 Å². The quantitative estimate of drug-likeness (QED) is 0.634. The van der Waals surface area contributed by atoms with Crippen LogP contribution in [0.1, 0.15) is 0 Å². The van der Waals surface area contributed by atoms with Gasteiger partial charge in [-0.2, -0.15) is 0 Å². The van der Waals surface area contributed by atoms with E-state index < -0.39 is 0 Å². The van der Waals surface area contributed by atoms with E-state index in [1.54, 1.807) is 11.8 Å². The molecule has 37 valence electrons. The molecule has 1 rings (SSSR count). The molecule has 0 saturated carbocycles. The zero-order valence-electron chi connectivity index (χ0n) is 3.09. The van der Waals surface area contributed by atoms with E-state index >= 15 is 0 Å². The summed E-state index contributed by atoms with van der Waals surface area (Å²) in [6, 6.07) is 0. The van der Waals surface area contributed by atoms with Crippen LogP contribution >= 0.6 is 11.8 Å². The zero-order valence-corrected chi connectivity index (χ0v) is 6.17. The summed E-state index contributed by atoms with van der Waals surface area (Å²) in [5, 5.41) is 0. The molecule has 1 aliphatic heterocycles. The van der Waals surface area contributed by atoms with Crippen molar-refractivity contribution < 1.29 is 21.1 Å². The molecule has 0 bridgehead atoms. The largest absolute Gasteiger partial charge is 0.275 e. The Kier molecular flexibility index (Phi) is 4.34. The van der Waals surface area contributed by atoms with Crippen molar-refractivity contribution in [2.45, 2.75) is 0 Å². The molecule has 0 unspecified atom stereocenters. The van der Waals surface area contributed by atoms with Gasteiger partial charge in [-0.15, -0.1) is 11.8 Å². The van der Waals surface area contributed by atoms with E-state index in [9.17, 15) is 0 Å². The third-order valence-corrected chi connectivity index (χ3v) is 1.08. The van der Waals surface area contributed by atoms with E-state index in [-0.39, 0.29) is 21.1 Å². The van der Waals surface area contributed by atoms with Crippen LogP contribution < -0.4 is 0 Å². The number of nitrogens with zero attached hydrogens (tertiary/aromatic N) is 1. The maximum atomic E-state index is 3.80. The Morgan fingerprint density at radius 1 is 1.67 bits per heavy atom. The number of hydrogen-bond donors (Lipinski definition) is 0. The van der Waals surface area contributed by atoms with Crippen LogP contribution in [0.15, 0.2) is 4.99 Å². The van der Waals surface area contributed by atoms with Gasteiger partial charge in [-0.3, -0.25) is 4.99 Å². The van der Waals surface area contributed by atoms with Gasteiger partial charge >= 0.3 is 0 Å². The van der Waals surface area contributed by atoms with Crippen molar-refractivity contribution in [3.05, 3.63) is 0 Å². The monoisotopic (exact) mass is 281 g/mol. The molecule has 0 spiro atoms. The van der Waals surface area contributed by atoms with Crippen molar-refractivity contribution in [3.63, 3.8) is 0 Å². The zero-order chi connectivity index (χ0) is 3.54. The predicted molar refractivity (Wildman–Crippen MR) is 24.8 cm³/mol. The minimum atomic E-state index is 0. The van der Waals surface area contributed by atoms with Crippen LogP contribution in [0.2, 0.25) is 0 Å². The van der Waals surface area contributed by atoms with Crippen LogP contribution in [0.4, 0.5) is 0 Å². The second kappa shape index (κ2) is 3.88. The van der Waals surface area contributed by atoms with Gasteiger partial charge < -0.3 is 0 Å². The van der Waals surface area contributed by atoms with Crippen LogP contribution in [0.3, 0.4) is 0 Å². The Morgan fingerprint density at radius 2 is 2.50 bits per heavy atom. The SMILES string of the molecule is [C]1=NCCS1.[Pt]. The first kappa shape index (κ1) is 6.71. The number of aliphatic imine (C=N–C) groups is 1. The minimum absolute atomic E-state index is 0. The van der Waals surface area contributed by atoms with Crippen molar-refractivity contribution in [1.29, 1.82) is 0 Å². The fraction of sp³-hybridized carbons (Fsp3) is 0.667. The molecule has 0 aromatic rings. The van der Waals surface area contributed by atoms with Gasteiger partial charge in [-0.05, 0) is 0 Å². The molecule has 3 heteroatoms. The van der Waals surface area contributed by atoms with Gasteiger partial charge in [0.25, 0.3) is 0 Å². The van der Waals surface area contributed by atoms with Crippen LogP contribution in [0, 0.1) is 0 Å². The average molecular weight is 281 g/mol. The third kappa shape index (κ3) is 1.99. The van der Waals surface area contributed by atoms with Gasteiger partial charge in [-0.1, -0.05) is 0 Å². The summed E-state index contributed by atoms with van der Waals surface area (Å²) in [5.41, 5.74) is 2.76. The Hall–Kier alpha value is 0.708. The van der Waals surface area contributed by atoms with Crippen molar-refractivity contribution >= 4 is 17.3 Å². The molecule has 0 fully saturated rings. The van der Waals surface area contributed by atoms with E-state index in [1.807, 2.05) is 0 Å². The summed E-state index contributed by atoms with van der Waals surface area (Å²) in [7, 11) is 0. The molecular weight excluding hydrogens is 277 g/mol. The summed E-state index contributed by atoms with van der Waals surface area (Å²) in [5.74, 6) is 1.14. The Labute approximate surface area is 55.9 Å². The van der Waals surface area contributed by atoms with Gasteiger partial charge in [0.15, 0.2) is 0 Å². The van der Waals surface area contributed by atoms with Gasteiger partial charge in [-0.25, -0.2) is 0 Å². The third-order valence-electron chi connectivity index (χ3n) is 0.434. The summed E-state index contributed by atoms with van der Waals surface area (Å²) in [4.78, 5) is 3.80. The molecule has 0 aromatic heterocycles. The topological polar surface area (TPSA) is 12.4 Å². The Balaban J connectivity index is 0.000000250. The van der Waals surface area contributed by atoms with E-state index in [0.717, 1.165) is 12.3 Å². The number of thioether (sulfide) groups is 1. The summed E-state index contributed by atoms with van der Waals surface area (Å²) >= 11 is 1.66. The maximum absolute atomic E-state index is 3.80. The standard InChI is InChI=1S/C3H4NS.Pt/c1-2-5-3-4-1;/h1-2H2;. The van der Waals surface area contributed by atoms with E-state index in [0.29, 0.717) is 0 Å². The summed E-state index contributed by atoms with van der Waals surface area (Å²) < 4.78 is 0. The first-order valence-corrected chi connectivity index (χ1v) is 2.52. The second-order valence-electron chi connectivity index (χ2n) is 0.821. The molecule has 6 heavy (non-hydrogen) atoms. The second-order valence-corrected chi connectivity index (χ2v) is 1.70. The fourth-order valence-electron chi connectivity index (χ4n) is 0.228. The molecule has 0 N–H and O–H groups in total. The van der Waals surface area contributed by atoms with Crippen molar-refractivity contribution in [1.82, 2.24) is 0 Å². The Bertz CT molecular complexity index is 48.8. The summed E-state index contributed by atoms with van der Waals surface area (Å²) in [6.45, 7) is 0.977. The average Bonchev–Trinajstić information content (AvgIpc) is 1.76. The molecule has 1 heterocycles.